The fraction of sp³-hybridized carbons (Fsp3) is 0.417. The van der Waals surface area contributed by atoms with Crippen LogP contribution in [0.5, 0.6) is 0 Å². The summed E-state index contributed by atoms with van der Waals surface area (Å²) in [5.74, 6) is 2.59. The first-order valence-electron chi connectivity index (χ1n) is 10.5. The number of benzene rings is 1. The van der Waals surface area contributed by atoms with Crippen LogP contribution in [0.4, 0.5) is 5.69 Å². The molecule has 28 heavy (non-hydrogen) atoms. The lowest BCUT2D eigenvalue weighted by Gasteiger charge is -2.55. The Morgan fingerprint density at radius 2 is 1.75 bits per heavy atom. The number of aromatic nitrogens is 2. The van der Waals surface area contributed by atoms with Crippen molar-refractivity contribution in [2.24, 2.45) is 23.2 Å². The monoisotopic (exact) mass is 371 g/mol. The highest BCUT2D eigenvalue weighted by Crippen LogP contribution is 2.60. The number of nitrogens with one attached hydrogen (secondary N) is 1. The number of carbonyl (C=O) groups excluding carboxylic acids is 1. The molecular formula is C24H25N3O. The number of rotatable bonds is 3. The molecule has 4 saturated carbocycles. The topological polar surface area (TPSA) is 46.4 Å². The summed E-state index contributed by atoms with van der Waals surface area (Å²) >= 11 is 0. The number of carbonyl (C=O) groups is 1. The molecule has 0 aliphatic heterocycles. The molecule has 142 valence electrons. The van der Waals surface area contributed by atoms with Crippen LogP contribution in [0.3, 0.4) is 0 Å². The van der Waals surface area contributed by atoms with Crippen molar-refractivity contribution in [3.63, 3.8) is 0 Å². The standard InChI is InChI=1S/C24H25N3O/c28-23(24-12-16-8-17(13-24)10-18(9-16)14-24)25-20-5-3-4-19(11-20)21-15-27-7-2-1-6-22(27)26-21/h1-7,11,15-18H,8-10,12-14H2,(H,25,28). The van der Waals surface area contributed by atoms with Gasteiger partial charge in [0, 0.05) is 23.6 Å². The number of imidazole rings is 1. The van der Waals surface area contributed by atoms with E-state index in [-0.39, 0.29) is 11.3 Å². The van der Waals surface area contributed by atoms with Gasteiger partial charge in [0.2, 0.25) is 5.91 Å². The predicted octanol–water partition coefficient (Wildman–Crippen LogP) is 5.16. The van der Waals surface area contributed by atoms with Crippen LogP contribution in [0, 0.1) is 23.2 Å². The fourth-order valence-electron chi connectivity index (χ4n) is 6.48. The van der Waals surface area contributed by atoms with Gasteiger partial charge in [0.1, 0.15) is 5.65 Å². The van der Waals surface area contributed by atoms with E-state index in [2.05, 4.69) is 17.4 Å². The summed E-state index contributed by atoms with van der Waals surface area (Å²) in [6.07, 6.45) is 11.4. The summed E-state index contributed by atoms with van der Waals surface area (Å²) in [6.45, 7) is 0. The molecule has 1 aromatic carbocycles. The minimum Gasteiger partial charge on any atom is -0.326 e. The van der Waals surface area contributed by atoms with Crippen LogP contribution in [0.1, 0.15) is 38.5 Å². The SMILES string of the molecule is O=C(Nc1cccc(-c2cn3ccccc3n2)c1)C12CC3CC(CC(C3)C1)C2. The lowest BCUT2D eigenvalue weighted by molar-refractivity contribution is -0.140. The molecule has 1 amide bonds. The zero-order chi connectivity index (χ0) is 18.7. The minimum absolute atomic E-state index is 0.117. The van der Waals surface area contributed by atoms with E-state index in [1.165, 1.54) is 19.3 Å². The van der Waals surface area contributed by atoms with Crippen LogP contribution in [0.2, 0.25) is 0 Å². The van der Waals surface area contributed by atoms with Crippen molar-refractivity contribution in [1.82, 2.24) is 9.38 Å². The summed E-state index contributed by atoms with van der Waals surface area (Å²) in [6, 6.07) is 14.1. The van der Waals surface area contributed by atoms with E-state index in [9.17, 15) is 4.79 Å². The number of hydrogen-bond acceptors (Lipinski definition) is 2. The first-order chi connectivity index (χ1) is 13.7. The van der Waals surface area contributed by atoms with Gasteiger partial charge in [-0.1, -0.05) is 18.2 Å². The molecule has 4 bridgehead atoms. The van der Waals surface area contributed by atoms with E-state index in [0.717, 1.165) is 59.6 Å². The van der Waals surface area contributed by atoms with Gasteiger partial charge < -0.3 is 9.72 Å². The molecule has 1 N–H and O–H groups in total. The maximum atomic E-state index is 13.3. The van der Waals surface area contributed by atoms with Crippen molar-refractivity contribution in [2.45, 2.75) is 38.5 Å². The molecule has 0 atom stereocenters. The second-order valence-electron chi connectivity index (χ2n) is 9.33. The molecule has 4 heteroatoms. The van der Waals surface area contributed by atoms with Gasteiger partial charge in [0.15, 0.2) is 0 Å². The highest BCUT2D eigenvalue weighted by atomic mass is 16.2. The Bertz CT molecular complexity index is 998. The van der Waals surface area contributed by atoms with Crippen molar-refractivity contribution < 1.29 is 4.79 Å². The third kappa shape index (κ3) is 2.58. The normalized spacial score (nSPS) is 30.6. The van der Waals surface area contributed by atoms with Crippen molar-refractivity contribution in [2.75, 3.05) is 5.32 Å². The first-order valence-corrected chi connectivity index (χ1v) is 10.5. The Labute approximate surface area is 165 Å². The predicted molar refractivity (Wildman–Crippen MR) is 110 cm³/mol. The smallest absolute Gasteiger partial charge is 0.230 e. The Morgan fingerprint density at radius 3 is 2.46 bits per heavy atom. The Hall–Kier alpha value is -2.62. The first kappa shape index (κ1) is 16.3. The third-order valence-electron chi connectivity index (χ3n) is 7.30. The van der Waals surface area contributed by atoms with Crippen molar-refractivity contribution in [1.29, 1.82) is 0 Å². The van der Waals surface area contributed by atoms with Gasteiger partial charge in [-0.25, -0.2) is 4.98 Å². The summed E-state index contributed by atoms with van der Waals surface area (Å²) in [5.41, 5.74) is 3.66. The van der Waals surface area contributed by atoms with E-state index in [0.29, 0.717) is 0 Å². The molecule has 4 aliphatic carbocycles. The van der Waals surface area contributed by atoms with E-state index >= 15 is 0 Å². The van der Waals surface area contributed by atoms with Crippen molar-refractivity contribution in [3.05, 3.63) is 54.9 Å². The Morgan fingerprint density at radius 1 is 1.00 bits per heavy atom. The Kier molecular flexibility index (Phi) is 3.47. The van der Waals surface area contributed by atoms with Gasteiger partial charge >= 0.3 is 0 Å². The summed E-state index contributed by atoms with van der Waals surface area (Å²) in [5, 5.41) is 3.27. The van der Waals surface area contributed by atoms with Crippen molar-refractivity contribution >= 4 is 17.2 Å². The van der Waals surface area contributed by atoms with Crippen LogP contribution in [-0.4, -0.2) is 15.3 Å². The summed E-state index contributed by atoms with van der Waals surface area (Å²) in [7, 11) is 0. The van der Waals surface area contributed by atoms with Crippen LogP contribution >= 0.6 is 0 Å². The van der Waals surface area contributed by atoms with E-state index in [1.807, 2.05) is 47.1 Å². The molecule has 7 rings (SSSR count). The molecule has 4 fully saturated rings. The van der Waals surface area contributed by atoms with Crippen LogP contribution in [0.15, 0.2) is 54.9 Å². The molecule has 2 aromatic heterocycles. The van der Waals surface area contributed by atoms with Crippen molar-refractivity contribution in [3.8, 4) is 11.3 Å². The number of pyridine rings is 1. The van der Waals surface area contributed by atoms with E-state index in [1.54, 1.807) is 0 Å². The number of fused-ring (bicyclic) bond motifs is 1. The lowest BCUT2D eigenvalue weighted by Crippen LogP contribution is -2.51. The number of hydrogen-bond donors (Lipinski definition) is 1. The third-order valence-corrected chi connectivity index (χ3v) is 7.30. The fourth-order valence-corrected chi connectivity index (χ4v) is 6.48. The van der Waals surface area contributed by atoms with E-state index in [4.69, 9.17) is 4.98 Å². The molecule has 0 saturated heterocycles. The van der Waals surface area contributed by atoms with Gasteiger partial charge in [-0.2, -0.15) is 0 Å². The van der Waals surface area contributed by atoms with Crippen LogP contribution in [0.25, 0.3) is 16.9 Å². The molecular weight excluding hydrogens is 346 g/mol. The Balaban J connectivity index is 1.27. The second-order valence-corrected chi connectivity index (χ2v) is 9.33. The van der Waals surface area contributed by atoms with Gasteiger partial charge in [-0.3, -0.25) is 4.79 Å². The summed E-state index contributed by atoms with van der Waals surface area (Å²) < 4.78 is 2.02. The van der Waals surface area contributed by atoms with Gasteiger partial charge in [0.05, 0.1) is 11.1 Å². The molecule has 4 nitrogen and oxygen atoms in total. The van der Waals surface area contributed by atoms with Crippen LogP contribution in [-0.2, 0) is 4.79 Å². The molecule has 0 spiro atoms. The number of nitrogens with zero attached hydrogens (tertiary/aromatic N) is 2. The second kappa shape index (κ2) is 5.94. The van der Waals surface area contributed by atoms with Gasteiger partial charge in [0.25, 0.3) is 0 Å². The maximum absolute atomic E-state index is 13.3. The van der Waals surface area contributed by atoms with Crippen LogP contribution < -0.4 is 5.32 Å². The maximum Gasteiger partial charge on any atom is 0.230 e. The molecule has 0 unspecified atom stereocenters. The zero-order valence-electron chi connectivity index (χ0n) is 16.0. The molecule has 2 heterocycles. The quantitative estimate of drug-likeness (QED) is 0.691. The largest absolute Gasteiger partial charge is 0.326 e. The lowest BCUT2D eigenvalue weighted by atomic mass is 9.49. The average molecular weight is 371 g/mol. The zero-order valence-corrected chi connectivity index (χ0v) is 16.0. The summed E-state index contributed by atoms with van der Waals surface area (Å²) in [4.78, 5) is 18.0. The number of amides is 1. The van der Waals surface area contributed by atoms with E-state index < -0.39 is 0 Å². The van der Waals surface area contributed by atoms with Gasteiger partial charge in [-0.05, 0) is 80.5 Å². The number of anilines is 1. The highest BCUT2D eigenvalue weighted by Gasteiger charge is 2.54. The highest BCUT2D eigenvalue weighted by molar-refractivity contribution is 5.96. The average Bonchev–Trinajstić information content (AvgIpc) is 3.11. The molecule has 3 aromatic rings. The van der Waals surface area contributed by atoms with Gasteiger partial charge in [-0.15, -0.1) is 0 Å². The molecule has 4 aliphatic rings. The molecule has 0 radical (unpaired) electrons. The minimum atomic E-state index is -0.117.